The monoisotopic (exact) mass is 379 g/mol. The van der Waals surface area contributed by atoms with Crippen LogP contribution >= 0.6 is 0 Å². The van der Waals surface area contributed by atoms with Crippen molar-refractivity contribution >= 4 is 10.8 Å². The number of halogens is 1. The molecular formula is C24H26FNO2. The smallest absolute Gasteiger partial charge is 0.259 e. The van der Waals surface area contributed by atoms with E-state index in [9.17, 15) is 14.3 Å². The summed E-state index contributed by atoms with van der Waals surface area (Å²) in [5.74, 6) is 0.574. The quantitative estimate of drug-likeness (QED) is 0.614. The van der Waals surface area contributed by atoms with Gasteiger partial charge >= 0.3 is 0 Å². The summed E-state index contributed by atoms with van der Waals surface area (Å²) in [4.78, 5) is 13.4. The van der Waals surface area contributed by atoms with Crippen LogP contribution in [0.5, 0.6) is 5.75 Å². The summed E-state index contributed by atoms with van der Waals surface area (Å²) >= 11 is 0. The van der Waals surface area contributed by atoms with Crippen molar-refractivity contribution in [2.45, 2.75) is 52.5 Å². The molecule has 1 heterocycles. The van der Waals surface area contributed by atoms with E-state index in [1.807, 2.05) is 10.6 Å². The van der Waals surface area contributed by atoms with Crippen molar-refractivity contribution < 1.29 is 9.50 Å². The van der Waals surface area contributed by atoms with Crippen molar-refractivity contribution in [1.29, 1.82) is 0 Å². The van der Waals surface area contributed by atoms with Crippen LogP contribution in [0.1, 0.15) is 56.8 Å². The van der Waals surface area contributed by atoms with Gasteiger partial charge in [0.2, 0.25) is 0 Å². The largest absolute Gasteiger partial charge is 0.508 e. The Labute approximate surface area is 164 Å². The van der Waals surface area contributed by atoms with Gasteiger partial charge in [0, 0.05) is 17.3 Å². The van der Waals surface area contributed by atoms with Crippen LogP contribution in [0, 0.1) is 18.7 Å². The minimum absolute atomic E-state index is 0.0471. The molecule has 3 nitrogen and oxygen atoms in total. The molecule has 2 aromatic carbocycles. The number of rotatable bonds is 3. The molecule has 0 spiro atoms. The predicted molar refractivity (Wildman–Crippen MR) is 112 cm³/mol. The first-order chi connectivity index (χ1) is 13.3. The molecule has 1 aliphatic rings. The fraction of sp³-hybridized carbons (Fsp3) is 0.375. The minimum atomic E-state index is -0.238. The number of hydrogen-bond acceptors (Lipinski definition) is 2. The number of phenolic OH excluding ortho intramolecular Hbond substituents is 1. The van der Waals surface area contributed by atoms with Gasteiger partial charge in [-0.25, -0.2) is 4.39 Å². The Morgan fingerprint density at radius 3 is 2.43 bits per heavy atom. The van der Waals surface area contributed by atoms with Gasteiger partial charge in [0.25, 0.3) is 5.56 Å². The van der Waals surface area contributed by atoms with Gasteiger partial charge in [-0.1, -0.05) is 26.8 Å². The SMILES string of the molecule is Cc1cc(-c2c(C(C)C)n(C3CC(C)C3)c(=O)c3cc(O)ccc23)ccc1F. The molecule has 1 fully saturated rings. The van der Waals surface area contributed by atoms with Gasteiger partial charge in [0.15, 0.2) is 0 Å². The van der Waals surface area contributed by atoms with E-state index >= 15 is 0 Å². The topological polar surface area (TPSA) is 42.2 Å². The summed E-state index contributed by atoms with van der Waals surface area (Å²) < 4.78 is 15.9. The van der Waals surface area contributed by atoms with E-state index < -0.39 is 0 Å². The number of fused-ring (bicyclic) bond motifs is 1. The molecule has 1 N–H and O–H groups in total. The number of phenols is 1. The third-order valence-electron chi connectivity index (χ3n) is 5.94. The van der Waals surface area contributed by atoms with Crippen LogP contribution in [0.3, 0.4) is 0 Å². The highest BCUT2D eigenvalue weighted by atomic mass is 19.1. The second-order valence-corrected chi connectivity index (χ2v) is 8.51. The van der Waals surface area contributed by atoms with Crippen molar-refractivity contribution in [3.05, 3.63) is 63.8 Å². The zero-order chi connectivity index (χ0) is 20.2. The first-order valence-corrected chi connectivity index (χ1v) is 9.95. The van der Waals surface area contributed by atoms with Crippen molar-refractivity contribution in [2.75, 3.05) is 0 Å². The first kappa shape index (κ1) is 18.7. The number of hydrogen-bond donors (Lipinski definition) is 1. The van der Waals surface area contributed by atoms with E-state index in [0.29, 0.717) is 16.9 Å². The molecule has 146 valence electrons. The van der Waals surface area contributed by atoms with Crippen LogP contribution in [0.15, 0.2) is 41.2 Å². The number of pyridine rings is 1. The molecule has 0 amide bonds. The minimum Gasteiger partial charge on any atom is -0.508 e. The summed E-state index contributed by atoms with van der Waals surface area (Å²) in [6.07, 6.45) is 1.96. The number of benzene rings is 2. The Hall–Kier alpha value is -2.62. The summed E-state index contributed by atoms with van der Waals surface area (Å²) in [5.41, 5.74) is 3.39. The third-order valence-corrected chi connectivity index (χ3v) is 5.94. The van der Waals surface area contributed by atoms with Gasteiger partial charge in [-0.05, 0) is 78.4 Å². The zero-order valence-electron chi connectivity index (χ0n) is 16.8. The highest BCUT2D eigenvalue weighted by molar-refractivity contribution is 5.98. The van der Waals surface area contributed by atoms with Gasteiger partial charge in [-0.3, -0.25) is 4.79 Å². The lowest BCUT2D eigenvalue weighted by molar-refractivity contribution is 0.207. The Balaban J connectivity index is 2.14. The lowest BCUT2D eigenvalue weighted by Gasteiger charge is -2.37. The number of nitrogens with zero attached hydrogens (tertiary/aromatic N) is 1. The molecule has 1 saturated carbocycles. The van der Waals surface area contributed by atoms with Crippen molar-refractivity contribution in [1.82, 2.24) is 4.57 Å². The molecule has 0 aliphatic heterocycles. The Morgan fingerprint density at radius 2 is 1.82 bits per heavy atom. The maximum absolute atomic E-state index is 13.9. The van der Waals surface area contributed by atoms with Crippen LogP contribution < -0.4 is 5.56 Å². The fourth-order valence-electron chi connectivity index (χ4n) is 4.53. The zero-order valence-corrected chi connectivity index (χ0v) is 16.8. The molecular weight excluding hydrogens is 353 g/mol. The van der Waals surface area contributed by atoms with Crippen LogP contribution in [0.25, 0.3) is 21.9 Å². The molecule has 0 radical (unpaired) electrons. The molecule has 4 heteroatoms. The van der Waals surface area contributed by atoms with Gasteiger partial charge in [0.1, 0.15) is 11.6 Å². The lowest BCUT2D eigenvalue weighted by atomic mass is 9.80. The lowest BCUT2D eigenvalue weighted by Crippen LogP contribution is -2.36. The predicted octanol–water partition coefficient (Wildman–Crippen LogP) is 5.92. The molecule has 0 atom stereocenters. The van der Waals surface area contributed by atoms with E-state index in [1.165, 1.54) is 6.07 Å². The highest BCUT2D eigenvalue weighted by Gasteiger charge is 2.32. The van der Waals surface area contributed by atoms with E-state index in [1.54, 1.807) is 31.2 Å². The molecule has 28 heavy (non-hydrogen) atoms. The van der Waals surface area contributed by atoms with Crippen molar-refractivity contribution in [3.8, 4) is 16.9 Å². The molecule has 0 bridgehead atoms. The molecule has 0 saturated heterocycles. The van der Waals surface area contributed by atoms with E-state index in [-0.39, 0.29) is 29.1 Å². The molecule has 1 aromatic heterocycles. The van der Waals surface area contributed by atoms with E-state index in [4.69, 9.17) is 0 Å². The van der Waals surface area contributed by atoms with Crippen LogP contribution in [-0.2, 0) is 0 Å². The number of aromatic nitrogens is 1. The fourth-order valence-corrected chi connectivity index (χ4v) is 4.53. The van der Waals surface area contributed by atoms with E-state index in [2.05, 4.69) is 20.8 Å². The number of aromatic hydroxyl groups is 1. The third kappa shape index (κ3) is 2.92. The van der Waals surface area contributed by atoms with Crippen molar-refractivity contribution in [2.24, 2.45) is 5.92 Å². The summed E-state index contributed by atoms with van der Waals surface area (Å²) in [5, 5.41) is 11.3. The Bertz CT molecular complexity index is 1120. The normalized spacial score (nSPS) is 19.2. The molecule has 3 aromatic rings. The Morgan fingerprint density at radius 1 is 1.11 bits per heavy atom. The molecule has 0 unspecified atom stereocenters. The van der Waals surface area contributed by atoms with Crippen LogP contribution in [-0.4, -0.2) is 9.67 Å². The maximum atomic E-state index is 13.9. The van der Waals surface area contributed by atoms with Gasteiger partial charge < -0.3 is 9.67 Å². The van der Waals surface area contributed by atoms with Gasteiger partial charge in [-0.15, -0.1) is 0 Å². The van der Waals surface area contributed by atoms with Crippen molar-refractivity contribution in [3.63, 3.8) is 0 Å². The van der Waals surface area contributed by atoms with E-state index in [0.717, 1.165) is 35.0 Å². The second kappa shape index (κ2) is 6.77. The Kier molecular flexibility index (Phi) is 4.53. The second-order valence-electron chi connectivity index (χ2n) is 8.51. The molecule has 4 rings (SSSR count). The highest BCUT2D eigenvalue weighted by Crippen LogP contribution is 2.42. The van der Waals surface area contributed by atoms with Gasteiger partial charge in [0.05, 0.1) is 5.39 Å². The number of aryl methyl sites for hydroxylation is 1. The maximum Gasteiger partial charge on any atom is 0.259 e. The average Bonchev–Trinajstić information content (AvgIpc) is 2.62. The summed E-state index contributed by atoms with van der Waals surface area (Å²) in [6, 6.07) is 10.3. The average molecular weight is 379 g/mol. The summed E-state index contributed by atoms with van der Waals surface area (Å²) in [6.45, 7) is 8.15. The van der Waals surface area contributed by atoms with Gasteiger partial charge in [-0.2, -0.15) is 0 Å². The molecule has 1 aliphatic carbocycles. The standard InChI is InChI=1S/C24H26FNO2/c1-13(2)23-22(16-5-8-21(25)15(4)11-16)19-7-6-18(27)12-20(19)24(28)26(23)17-9-14(3)10-17/h5-8,11-14,17,27H,9-10H2,1-4H3. The van der Waals surface area contributed by atoms with Crippen LogP contribution in [0.2, 0.25) is 0 Å². The summed E-state index contributed by atoms with van der Waals surface area (Å²) in [7, 11) is 0. The van der Waals surface area contributed by atoms with Crippen LogP contribution in [0.4, 0.5) is 4.39 Å². The first-order valence-electron chi connectivity index (χ1n) is 9.95.